The quantitative estimate of drug-likeness (QED) is 0.406. The van der Waals surface area contributed by atoms with Gasteiger partial charge in [-0.15, -0.1) is 0 Å². The largest absolute Gasteiger partial charge is 0.399 e. The molecule has 2 aliphatic rings. The van der Waals surface area contributed by atoms with Crippen molar-refractivity contribution in [3.8, 4) is 11.8 Å². The predicted molar refractivity (Wildman–Crippen MR) is 141 cm³/mol. The monoisotopic (exact) mass is 432 g/mol. The number of nitrogens with two attached hydrogens (primary N) is 2. The summed E-state index contributed by atoms with van der Waals surface area (Å²) in [5, 5.41) is 0. The third-order valence-corrected chi connectivity index (χ3v) is 6.59. The summed E-state index contributed by atoms with van der Waals surface area (Å²) in [5.41, 5.74) is 18.3. The van der Waals surface area contributed by atoms with Crippen molar-refractivity contribution >= 4 is 11.4 Å². The van der Waals surface area contributed by atoms with E-state index in [4.69, 9.17) is 11.5 Å². The first-order chi connectivity index (χ1) is 16.1. The highest BCUT2D eigenvalue weighted by Crippen LogP contribution is 2.49. The first-order valence-corrected chi connectivity index (χ1v) is 11.7. The molecule has 0 aromatic heterocycles. The Balaban J connectivity index is 2.13. The number of benzene rings is 2. The standard InChI is InChI=1S/C31H32N2/c1-3-24-10-5-4-6-12-30(24)31(26-15-19-28(32)20-16-26,27-17-21-29(33)22-18-27)25-11-8-7-9-23(2)13-14-25/h4-9,11-12,15-23,25H,3,10,32-33H2,1-2H3/b9-7-,11-8?. The summed E-state index contributed by atoms with van der Waals surface area (Å²) in [6.45, 7) is 4.38. The van der Waals surface area contributed by atoms with E-state index in [2.05, 4.69) is 98.6 Å². The van der Waals surface area contributed by atoms with Crippen molar-refractivity contribution in [1.29, 1.82) is 0 Å². The molecule has 2 nitrogen and oxygen atoms in total. The van der Waals surface area contributed by atoms with Gasteiger partial charge in [-0.1, -0.05) is 97.2 Å². The van der Waals surface area contributed by atoms with Gasteiger partial charge in [0, 0.05) is 17.3 Å². The number of rotatable bonds is 5. The van der Waals surface area contributed by atoms with Gasteiger partial charge in [0.05, 0.1) is 11.3 Å². The van der Waals surface area contributed by atoms with Gasteiger partial charge in [0.25, 0.3) is 0 Å². The van der Waals surface area contributed by atoms with Crippen LogP contribution in [-0.4, -0.2) is 0 Å². The summed E-state index contributed by atoms with van der Waals surface area (Å²) < 4.78 is 0. The van der Waals surface area contributed by atoms with Crippen LogP contribution in [0.15, 0.2) is 108 Å². The van der Waals surface area contributed by atoms with Gasteiger partial charge >= 0.3 is 0 Å². The molecule has 2 aromatic carbocycles. The highest BCUT2D eigenvalue weighted by molar-refractivity contribution is 5.61. The Labute approximate surface area is 198 Å². The van der Waals surface area contributed by atoms with E-state index in [-0.39, 0.29) is 11.8 Å². The van der Waals surface area contributed by atoms with Crippen molar-refractivity contribution in [2.45, 2.75) is 32.1 Å². The highest BCUT2D eigenvalue weighted by atomic mass is 14.6. The Morgan fingerprint density at radius 2 is 1.42 bits per heavy atom. The lowest BCUT2D eigenvalue weighted by Gasteiger charge is -2.42. The molecule has 166 valence electrons. The van der Waals surface area contributed by atoms with Crippen LogP contribution in [0.25, 0.3) is 0 Å². The van der Waals surface area contributed by atoms with Crippen LogP contribution in [0.3, 0.4) is 0 Å². The summed E-state index contributed by atoms with van der Waals surface area (Å²) in [5.74, 6) is 7.27. The second-order valence-corrected chi connectivity index (χ2v) is 8.74. The molecule has 2 aromatic rings. The molecular weight excluding hydrogens is 400 g/mol. The second kappa shape index (κ2) is 9.84. The van der Waals surface area contributed by atoms with Crippen LogP contribution in [-0.2, 0) is 5.41 Å². The van der Waals surface area contributed by atoms with Crippen molar-refractivity contribution < 1.29 is 0 Å². The van der Waals surface area contributed by atoms with Gasteiger partial charge < -0.3 is 11.5 Å². The number of anilines is 2. The zero-order valence-corrected chi connectivity index (χ0v) is 19.5. The molecule has 0 fully saturated rings. The average Bonchev–Trinajstić information content (AvgIpc) is 3.06. The fraction of sp³-hybridized carbons (Fsp3) is 0.226. The van der Waals surface area contributed by atoms with E-state index in [9.17, 15) is 0 Å². The molecular formula is C31H32N2. The molecule has 0 heterocycles. The normalized spacial score (nSPS) is 21.0. The van der Waals surface area contributed by atoms with Crippen molar-refractivity contribution in [1.82, 2.24) is 0 Å². The first-order valence-electron chi connectivity index (χ1n) is 11.7. The van der Waals surface area contributed by atoms with Crippen LogP contribution < -0.4 is 11.5 Å². The highest BCUT2D eigenvalue weighted by Gasteiger charge is 2.44. The Morgan fingerprint density at radius 1 is 0.818 bits per heavy atom. The van der Waals surface area contributed by atoms with Crippen molar-refractivity contribution in [3.05, 3.63) is 119 Å². The minimum atomic E-state index is -0.510. The third kappa shape index (κ3) is 4.45. The van der Waals surface area contributed by atoms with Crippen LogP contribution in [0.5, 0.6) is 0 Å². The van der Waals surface area contributed by atoms with Gasteiger partial charge in [-0.25, -0.2) is 0 Å². The number of hydrogen-bond acceptors (Lipinski definition) is 2. The van der Waals surface area contributed by atoms with Crippen LogP contribution in [0.4, 0.5) is 11.4 Å². The summed E-state index contributed by atoms with van der Waals surface area (Å²) in [7, 11) is 0. The predicted octanol–water partition coefficient (Wildman–Crippen LogP) is 6.74. The number of hydrogen-bond donors (Lipinski definition) is 2. The lowest BCUT2D eigenvalue weighted by molar-refractivity contribution is 0.528. The SMILES string of the molecule is CCC1=C(C(c2ccc(N)cc2)(c2ccc(N)cc2)C2C#CC(C)/C=C\C=C2)C=CC=CC1. The lowest BCUT2D eigenvalue weighted by Crippen LogP contribution is -2.38. The van der Waals surface area contributed by atoms with E-state index in [1.807, 2.05) is 24.3 Å². The van der Waals surface area contributed by atoms with Gasteiger partial charge in [0.15, 0.2) is 0 Å². The fourth-order valence-corrected chi connectivity index (χ4v) is 4.89. The van der Waals surface area contributed by atoms with Gasteiger partial charge in [0.1, 0.15) is 0 Å². The molecule has 2 unspecified atom stereocenters. The molecule has 33 heavy (non-hydrogen) atoms. The van der Waals surface area contributed by atoms with Gasteiger partial charge in [0.2, 0.25) is 0 Å². The van der Waals surface area contributed by atoms with Crippen LogP contribution in [0.1, 0.15) is 37.8 Å². The minimum absolute atomic E-state index is 0.0727. The maximum absolute atomic E-state index is 6.12. The Hall–Kier alpha value is -3.70. The van der Waals surface area contributed by atoms with Crippen molar-refractivity contribution in [3.63, 3.8) is 0 Å². The average molecular weight is 433 g/mol. The molecule has 0 spiro atoms. The maximum atomic E-state index is 6.12. The smallest absolute Gasteiger partial charge is 0.0623 e. The molecule has 0 aliphatic heterocycles. The molecule has 2 atom stereocenters. The topological polar surface area (TPSA) is 52.0 Å². The molecule has 0 amide bonds. The van der Waals surface area contributed by atoms with Crippen LogP contribution >= 0.6 is 0 Å². The van der Waals surface area contributed by atoms with E-state index in [1.54, 1.807) is 0 Å². The summed E-state index contributed by atoms with van der Waals surface area (Å²) in [6.07, 6.45) is 19.3. The summed E-state index contributed by atoms with van der Waals surface area (Å²) >= 11 is 0. The molecule has 4 rings (SSSR count). The van der Waals surface area contributed by atoms with Gasteiger partial charge in [-0.05, 0) is 60.7 Å². The zero-order valence-electron chi connectivity index (χ0n) is 19.5. The van der Waals surface area contributed by atoms with E-state index < -0.39 is 5.41 Å². The van der Waals surface area contributed by atoms with E-state index in [0.29, 0.717) is 0 Å². The second-order valence-electron chi connectivity index (χ2n) is 8.74. The Kier molecular flexibility index (Phi) is 6.71. The first kappa shape index (κ1) is 22.5. The molecule has 0 saturated heterocycles. The third-order valence-electron chi connectivity index (χ3n) is 6.59. The maximum Gasteiger partial charge on any atom is 0.0623 e. The van der Waals surface area contributed by atoms with Crippen LogP contribution in [0, 0.1) is 23.7 Å². The Bertz CT molecular complexity index is 1150. The molecule has 2 aliphatic carbocycles. The molecule has 2 heteroatoms. The molecule has 4 N–H and O–H groups in total. The Morgan fingerprint density at radius 3 is 2.03 bits per heavy atom. The fourth-order valence-electron chi connectivity index (χ4n) is 4.89. The molecule has 0 bridgehead atoms. The molecule has 0 saturated carbocycles. The van der Waals surface area contributed by atoms with Crippen LogP contribution in [0.2, 0.25) is 0 Å². The van der Waals surface area contributed by atoms with Gasteiger partial charge in [-0.2, -0.15) is 0 Å². The van der Waals surface area contributed by atoms with E-state index in [0.717, 1.165) is 24.2 Å². The van der Waals surface area contributed by atoms with E-state index in [1.165, 1.54) is 22.3 Å². The summed E-state index contributed by atoms with van der Waals surface area (Å²) in [4.78, 5) is 0. The minimum Gasteiger partial charge on any atom is -0.399 e. The van der Waals surface area contributed by atoms with E-state index >= 15 is 0 Å². The number of allylic oxidation sites excluding steroid dienone is 10. The van der Waals surface area contributed by atoms with Gasteiger partial charge in [-0.3, -0.25) is 0 Å². The van der Waals surface area contributed by atoms with Crippen molar-refractivity contribution in [2.24, 2.45) is 11.8 Å². The van der Waals surface area contributed by atoms with Crippen molar-refractivity contribution in [2.75, 3.05) is 11.5 Å². The number of nitrogen functional groups attached to an aromatic ring is 2. The zero-order chi connectivity index (χ0) is 23.3. The lowest BCUT2D eigenvalue weighted by atomic mass is 9.59. The summed E-state index contributed by atoms with van der Waals surface area (Å²) in [6, 6.07) is 16.6. The molecule has 0 radical (unpaired) electrons.